The van der Waals surface area contributed by atoms with E-state index in [1.54, 1.807) is 0 Å². The first-order chi connectivity index (χ1) is 10.1. The van der Waals surface area contributed by atoms with Gasteiger partial charge in [0.2, 0.25) is 0 Å². The Morgan fingerprint density at radius 2 is 1.43 bits per heavy atom. The normalized spacial score (nSPS) is 12.6. The van der Waals surface area contributed by atoms with Gasteiger partial charge in [0, 0.05) is 8.95 Å². The van der Waals surface area contributed by atoms with Crippen molar-refractivity contribution in [2.45, 2.75) is 4.83 Å². The summed E-state index contributed by atoms with van der Waals surface area (Å²) in [6.07, 6.45) is 0. The van der Waals surface area contributed by atoms with E-state index in [1.165, 1.54) is 16.3 Å². The van der Waals surface area contributed by atoms with Crippen molar-refractivity contribution in [1.82, 2.24) is 0 Å². The predicted octanol–water partition coefficient (Wildman–Crippen LogP) is 7.50. The summed E-state index contributed by atoms with van der Waals surface area (Å²) in [5, 5.41) is 3.15. The maximum atomic E-state index is 6.43. The van der Waals surface area contributed by atoms with Gasteiger partial charge in [-0.1, -0.05) is 85.9 Å². The second kappa shape index (κ2) is 6.41. The Labute approximate surface area is 153 Å². The molecule has 106 valence electrons. The largest absolute Gasteiger partial charge is 0.0827 e. The summed E-state index contributed by atoms with van der Waals surface area (Å²) in [4.78, 5) is 0.0421. The average Bonchev–Trinajstić information content (AvgIpc) is 2.50. The predicted molar refractivity (Wildman–Crippen MR) is 102 cm³/mol. The van der Waals surface area contributed by atoms with Crippen molar-refractivity contribution in [2.75, 3.05) is 0 Å². The van der Waals surface area contributed by atoms with Crippen LogP contribution in [0.1, 0.15) is 16.0 Å². The third kappa shape index (κ3) is 2.94. The van der Waals surface area contributed by atoms with Crippen LogP contribution in [0.5, 0.6) is 0 Å². The van der Waals surface area contributed by atoms with Crippen LogP contribution in [-0.2, 0) is 0 Å². The first kappa shape index (κ1) is 15.5. The Balaban J connectivity index is 2.21. The average molecular weight is 489 g/mol. The van der Waals surface area contributed by atoms with Crippen LogP contribution in [0.15, 0.2) is 63.5 Å². The van der Waals surface area contributed by atoms with Gasteiger partial charge in [-0.2, -0.15) is 0 Å². The Morgan fingerprint density at radius 3 is 2.19 bits per heavy atom. The lowest BCUT2D eigenvalue weighted by Gasteiger charge is -2.16. The lowest BCUT2D eigenvalue weighted by molar-refractivity contribution is 1.19. The minimum Gasteiger partial charge on any atom is -0.0827 e. The molecule has 1 unspecified atom stereocenters. The van der Waals surface area contributed by atoms with E-state index >= 15 is 0 Å². The molecule has 4 heteroatoms. The van der Waals surface area contributed by atoms with Crippen molar-refractivity contribution in [2.24, 2.45) is 0 Å². The first-order valence-corrected chi connectivity index (χ1v) is 9.22. The molecule has 0 saturated carbocycles. The molecule has 0 saturated heterocycles. The monoisotopic (exact) mass is 486 g/mol. The third-order valence-electron chi connectivity index (χ3n) is 3.43. The summed E-state index contributed by atoms with van der Waals surface area (Å²) < 4.78 is 2.01. The quantitative estimate of drug-likeness (QED) is 0.327. The Hall–Kier alpha value is -0.350. The molecular weight excluding hydrogens is 479 g/mol. The molecule has 21 heavy (non-hydrogen) atoms. The molecule has 0 amide bonds. The number of fused-ring (bicyclic) bond motifs is 1. The lowest BCUT2D eigenvalue weighted by Crippen LogP contribution is -1.96. The molecule has 0 fully saturated rings. The van der Waals surface area contributed by atoms with E-state index in [0.717, 1.165) is 19.5 Å². The van der Waals surface area contributed by atoms with Gasteiger partial charge in [0.1, 0.15) is 0 Å². The fourth-order valence-corrected chi connectivity index (χ4v) is 4.40. The molecule has 0 aliphatic heterocycles. The van der Waals surface area contributed by atoms with Crippen LogP contribution in [0.3, 0.4) is 0 Å². The van der Waals surface area contributed by atoms with Gasteiger partial charge in [-0.15, -0.1) is 0 Å². The van der Waals surface area contributed by atoms with Gasteiger partial charge in [-0.05, 0) is 50.0 Å². The molecule has 3 aromatic carbocycles. The summed E-state index contributed by atoms with van der Waals surface area (Å²) in [7, 11) is 0. The minimum absolute atomic E-state index is 0.0421. The zero-order chi connectivity index (χ0) is 15.0. The summed E-state index contributed by atoms with van der Waals surface area (Å²) in [6.45, 7) is 0. The van der Waals surface area contributed by atoms with E-state index in [4.69, 9.17) is 11.6 Å². The van der Waals surface area contributed by atoms with Crippen molar-refractivity contribution in [3.63, 3.8) is 0 Å². The van der Waals surface area contributed by atoms with Gasteiger partial charge in [0.25, 0.3) is 0 Å². The van der Waals surface area contributed by atoms with Crippen LogP contribution in [0, 0.1) is 0 Å². The van der Waals surface area contributed by atoms with E-state index in [-0.39, 0.29) is 4.83 Å². The standard InChI is InChI=1S/C17H10Br3Cl/c18-14-9-8-12(10-4-1-2-5-11(10)14)16(20)13-6-3-7-15(19)17(13)21/h1-9,16H. The molecule has 0 N–H and O–H groups in total. The third-order valence-corrected chi connectivity index (χ3v) is 6.42. The van der Waals surface area contributed by atoms with Crippen LogP contribution in [-0.4, -0.2) is 0 Å². The Bertz CT molecular complexity index is 814. The smallest absolute Gasteiger partial charge is 0.0665 e. The van der Waals surface area contributed by atoms with Crippen molar-refractivity contribution in [3.8, 4) is 0 Å². The van der Waals surface area contributed by atoms with E-state index < -0.39 is 0 Å². The molecule has 0 aliphatic rings. The molecule has 0 radical (unpaired) electrons. The zero-order valence-corrected chi connectivity index (χ0v) is 16.3. The van der Waals surface area contributed by atoms with Crippen molar-refractivity contribution >= 4 is 70.2 Å². The Morgan fingerprint density at radius 1 is 0.714 bits per heavy atom. The summed E-state index contributed by atoms with van der Waals surface area (Å²) in [5.41, 5.74) is 2.26. The molecule has 1 atom stereocenters. The molecule has 0 nitrogen and oxygen atoms in total. The topological polar surface area (TPSA) is 0 Å². The van der Waals surface area contributed by atoms with Gasteiger partial charge in [0.15, 0.2) is 0 Å². The number of hydrogen-bond acceptors (Lipinski definition) is 0. The molecule has 0 heterocycles. The second-order valence-corrected chi connectivity index (χ2v) is 7.69. The van der Waals surface area contributed by atoms with Gasteiger partial charge in [-0.3, -0.25) is 0 Å². The summed E-state index contributed by atoms with van der Waals surface area (Å²) >= 11 is 17.3. The van der Waals surface area contributed by atoms with Crippen molar-refractivity contribution < 1.29 is 0 Å². The Kier molecular flexibility index (Phi) is 4.75. The second-order valence-electron chi connectivity index (χ2n) is 4.69. The molecule has 3 aromatic rings. The fourth-order valence-electron chi connectivity index (χ4n) is 2.39. The van der Waals surface area contributed by atoms with Crippen LogP contribution in [0.25, 0.3) is 10.8 Å². The van der Waals surface area contributed by atoms with E-state index in [9.17, 15) is 0 Å². The first-order valence-electron chi connectivity index (χ1n) is 6.34. The molecule has 3 rings (SSSR count). The highest BCUT2D eigenvalue weighted by Crippen LogP contribution is 2.41. The van der Waals surface area contributed by atoms with Crippen LogP contribution < -0.4 is 0 Å². The van der Waals surface area contributed by atoms with Gasteiger partial charge >= 0.3 is 0 Å². The molecule has 0 spiro atoms. The van der Waals surface area contributed by atoms with Gasteiger partial charge < -0.3 is 0 Å². The minimum atomic E-state index is 0.0421. The number of halogens is 4. The lowest BCUT2D eigenvalue weighted by atomic mass is 9.98. The number of benzene rings is 3. The number of rotatable bonds is 2. The summed E-state index contributed by atoms with van der Waals surface area (Å²) in [5.74, 6) is 0. The highest BCUT2D eigenvalue weighted by atomic mass is 79.9. The van der Waals surface area contributed by atoms with Crippen LogP contribution in [0.2, 0.25) is 5.02 Å². The molecule has 0 aliphatic carbocycles. The van der Waals surface area contributed by atoms with Crippen molar-refractivity contribution in [1.29, 1.82) is 0 Å². The number of hydrogen-bond donors (Lipinski definition) is 0. The fraction of sp³-hybridized carbons (Fsp3) is 0.0588. The number of alkyl halides is 1. The zero-order valence-electron chi connectivity index (χ0n) is 10.8. The SMILES string of the molecule is Clc1c(Br)cccc1C(Br)c1ccc(Br)c2ccccc12. The van der Waals surface area contributed by atoms with Crippen molar-refractivity contribution in [3.05, 3.63) is 79.7 Å². The van der Waals surface area contributed by atoms with Gasteiger partial charge in [0.05, 0.1) is 9.85 Å². The maximum Gasteiger partial charge on any atom is 0.0665 e. The van der Waals surface area contributed by atoms with E-state index in [1.807, 2.05) is 24.3 Å². The molecular formula is C17H10Br3Cl. The van der Waals surface area contributed by atoms with Crippen LogP contribution >= 0.6 is 59.4 Å². The highest BCUT2D eigenvalue weighted by Gasteiger charge is 2.18. The van der Waals surface area contributed by atoms with E-state index in [2.05, 4.69) is 78.1 Å². The van der Waals surface area contributed by atoms with E-state index in [0.29, 0.717) is 0 Å². The maximum absolute atomic E-state index is 6.43. The van der Waals surface area contributed by atoms with Gasteiger partial charge in [-0.25, -0.2) is 0 Å². The highest BCUT2D eigenvalue weighted by molar-refractivity contribution is 9.11. The molecule has 0 bridgehead atoms. The van der Waals surface area contributed by atoms with Crippen LogP contribution in [0.4, 0.5) is 0 Å². The summed E-state index contributed by atoms with van der Waals surface area (Å²) in [6, 6.07) is 18.6. The molecule has 0 aromatic heterocycles.